The Morgan fingerprint density at radius 2 is 2.33 bits per heavy atom. The van der Waals surface area contributed by atoms with Gasteiger partial charge in [-0.2, -0.15) is 0 Å². The average Bonchev–Trinajstić information content (AvgIpc) is 2.11. The summed E-state index contributed by atoms with van der Waals surface area (Å²) in [5.74, 6) is -5.91. The van der Waals surface area contributed by atoms with E-state index in [0.717, 1.165) is 0 Å². The van der Waals surface area contributed by atoms with Crippen molar-refractivity contribution < 1.29 is 22.2 Å². The van der Waals surface area contributed by atoms with Gasteiger partial charge in [0.2, 0.25) is 0 Å². The van der Waals surface area contributed by atoms with Crippen LogP contribution >= 0.6 is 0 Å². The normalized spacial score (nSPS) is 62.4. The Labute approximate surface area is 66.7 Å². The lowest BCUT2D eigenvalue weighted by atomic mass is 9.99. The highest BCUT2D eigenvalue weighted by molar-refractivity contribution is 5.70. The molecule has 1 fully saturated rings. The fourth-order valence-electron chi connectivity index (χ4n) is 0.357. The standard InChI is InChI=1S/C6H11NO2/c8-6(9)5-1-3-7-4-2-5/h5,7H,1-4H2,(H,8,9)/i1D2,2D2,3D2,4D2,5D. The van der Waals surface area contributed by atoms with Crippen LogP contribution in [-0.4, -0.2) is 24.1 Å². The summed E-state index contributed by atoms with van der Waals surface area (Å²) >= 11 is 0. The first-order chi connectivity index (χ1) is 7.65. The Morgan fingerprint density at radius 1 is 1.78 bits per heavy atom. The van der Waals surface area contributed by atoms with E-state index in [0.29, 0.717) is 0 Å². The maximum Gasteiger partial charge on any atom is 0.306 e. The Morgan fingerprint density at radius 3 is 2.78 bits per heavy atom. The van der Waals surface area contributed by atoms with Crippen molar-refractivity contribution in [1.82, 2.24) is 5.32 Å². The van der Waals surface area contributed by atoms with Gasteiger partial charge in [0, 0.05) is 12.3 Å². The van der Waals surface area contributed by atoms with Gasteiger partial charge in [-0.1, -0.05) is 0 Å². The van der Waals surface area contributed by atoms with Crippen molar-refractivity contribution in [3.05, 3.63) is 0 Å². The summed E-state index contributed by atoms with van der Waals surface area (Å²) in [6.45, 7) is -6.44. The van der Waals surface area contributed by atoms with E-state index in [4.69, 9.17) is 17.4 Å². The minimum absolute atomic E-state index is 1.46. The molecule has 3 heteroatoms. The van der Waals surface area contributed by atoms with Crippen LogP contribution in [0.3, 0.4) is 0 Å². The van der Waals surface area contributed by atoms with Crippen LogP contribution in [0.4, 0.5) is 0 Å². The second-order valence-corrected chi connectivity index (χ2v) is 1.31. The van der Waals surface area contributed by atoms with E-state index in [1.54, 1.807) is 0 Å². The molecule has 3 nitrogen and oxygen atoms in total. The first-order valence-corrected chi connectivity index (χ1v) is 2.18. The second-order valence-electron chi connectivity index (χ2n) is 1.31. The summed E-state index contributed by atoms with van der Waals surface area (Å²) in [5, 5.41) is 10.4. The Kier molecular flexibility index (Phi) is 0.481. The minimum Gasteiger partial charge on any atom is -0.481 e. The number of carbonyl (C=O) groups is 1. The van der Waals surface area contributed by atoms with Crippen molar-refractivity contribution >= 4 is 5.97 Å². The maximum atomic E-state index is 11.1. The molecule has 0 saturated carbocycles. The van der Waals surface area contributed by atoms with Gasteiger partial charge in [0.05, 0.1) is 5.89 Å². The number of hydrogen-bond donors (Lipinski definition) is 2. The summed E-state index contributed by atoms with van der Waals surface area (Å²) in [7, 11) is 0. The number of rotatable bonds is 1. The summed E-state index contributed by atoms with van der Waals surface area (Å²) in [4.78, 5) is 11.1. The smallest absolute Gasteiger partial charge is 0.306 e. The van der Waals surface area contributed by atoms with Gasteiger partial charge in [-0.05, 0) is 25.7 Å². The van der Waals surface area contributed by atoms with Crippen molar-refractivity contribution in [3.8, 4) is 0 Å². The van der Waals surface area contributed by atoms with Crippen molar-refractivity contribution in [2.75, 3.05) is 13.0 Å². The van der Waals surface area contributed by atoms with E-state index in [2.05, 4.69) is 0 Å². The second kappa shape index (κ2) is 2.82. The first kappa shape index (κ1) is 1.53. The van der Waals surface area contributed by atoms with Crippen molar-refractivity contribution in [3.63, 3.8) is 0 Å². The third-order valence-corrected chi connectivity index (χ3v) is 0.714. The van der Waals surface area contributed by atoms with Crippen LogP contribution in [0.5, 0.6) is 0 Å². The lowest BCUT2D eigenvalue weighted by molar-refractivity contribution is -0.142. The predicted molar refractivity (Wildman–Crippen MR) is 33.2 cm³/mol. The number of carboxylic acid groups (broad SMARTS) is 1. The number of aliphatic carboxylic acids is 1. The van der Waals surface area contributed by atoms with Gasteiger partial charge in [-0.25, -0.2) is 0 Å². The van der Waals surface area contributed by atoms with Crippen LogP contribution < -0.4 is 5.32 Å². The topological polar surface area (TPSA) is 49.3 Å². The minimum atomic E-state index is -3.64. The quantitative estimate of drug-likeness (QED) is 0.539. The van der Waals surface area contributed by atoms with Crippen LogP contribution in [0.15, 0.2) is 0 Å². The summed E-state index contributed by atoms with van der Waals surface area (Å²) in [6, 6.07) is 0. The molecular formula is C6H11NO2. The fourth-order valence-corrected chi connectivity index (χ4v) is 0.357. The fraction of sp³-hybridized carbons (Fsp3) is 0.833. The van der Waals surface area contributed by atoms with Crippen LogP contribution in [-0.2, 0) is 4.79 Å². The van der Waals surface area contributed by atoms with Gasteiger partial charge in [0.1, 0.15) is 0 Å². The average molecular weight is 138 g/mol. The highest BCUT2D eigenvalue weighted by Gasteiger charge is 2.18. The van der Waals surface area contributed by atoms with E-state index >= 15 is 0 Å². The first-order valence-electron chi connectivity index (χ1n) is 6.68. The molecule has 0 aromatic heterocycles. The molecule has 1 rings (SSSR count). The summed E-state index contributed by atoms with van der Waals surface area (Å²) in [6.07, 6.45) is -6.97. The molecule has 0 aromatic carbocycles. The molecule has 0 radical (unpaired) electrons. The number of carboxylic acids is 1. The molecule has 1 saturated heterocycles. The van der Waals surface area contributed by atoms with E-state index in [1.165, 1.54) is 5.32 Å². The predicted octanol–water partition coefficient (Wildman–Crippen LogP) is 0.0706. The van der Waals surface area contributed by atoms with Crippen molar-refractivity contribution in [2.24, 2.45) is 5.89 Å². The molecule has 0 amide bonds. The van der Waals surface area contributed by atoms with Crippen molar-refractivity contribution in [1.29, 1.82) is 0 Å². The number of hydrogen-bond acceptors (Lipinski definition) is 2. The third-order valence-electron chi connectivity index (χ3n) is 0.714. The van der Waals surface area contributed by atoms with Crippen LogP contribution in [0.1, 0.15) is 25.1 Å². The Hall–Kier alpha value is -0.570. The van der Waals surface area contributed by atoms with Crippen LogP contribution in [0.25, 0.3) is 0 Å². The van der Waals surface area contributed by atoms with Gasteiger partial charge >= 0.3 is 5.97 Å². The van der Waals surface area contributed by atoms with Gasteiger partial charge in [0.15, 0.2) is 0 Å². The monoisotopic (exact) mass is 138 g/mol. The molecule has 0 spiro atoms. The van der Waals surface area contributed by atoms with Gasteiger partial charge in [-0.15, -0.1) is 0 Å². The van der Waals surface area contributed by atoms with Gasteiger partial charge in [-0.3, -0.25) is 4.79 Å². The molecule has 0 bridgehead atoms. The van der Waals surface area contributed by atoms with E-state index in [1.807, 2.05) is 0 Å². The highest BCUT2D eigenvalue weighted by Crippen LogP contribution is 2.10. The molecule has 0 aromatic rings. The molecule has 52 valence electrons. The van der Waals surface area contributed by atoms with Crippen LogP contribution in [0, 0.1) is 5.89 Å². The van der Waals surface area contributed by atoms with Gasteiger partial charge < -0.3 is 10.4 Å². The Bertz CT molecular complexity index is 367. The zero-order valence-corrected chi connectivity index (χ0v) is 4.36. The highest BCUT2D eigenvalue weighted by atomic mass is 16.4. The molecule has 1 aliphatic rings. The third kappa shape index (κ3) is 1.68. The molecule has 2 N–H and O–H groups in total. The summed E-state index contributed by atoms with van der Waals surface area (Å²) in [5.41, 5.74) is 0. The van der Waals surface area contributed by atoms with E-state index in [-0.39, 0.29) is 0 Å². The Balaban J connectivity index is 3.64. The van der Waals surface area contributed by atoms with Crippen LogP contribution in [0.2, 0.25) is 0 Å². The molecule has 0 aliphatic carbocycles. The van der Waals surface area contributed by atoms with Gasteiger partial charge in [0.25, 0.3) is 0 Å². The lowest BCUT2D eigenvalue weighted by Gasteiger charge is -2.17. The molecular weight excluding hydrogens is 118 g/mol. The molecule has 1 heterocycles. The number of nitrogens with one attached hydrogen (secondary N) is 1. The zero-order chi connectivity index (χ0) is 14.8. The molecule has 0 unspecified atom stereocenters. The van der Waals surface area contributed by atoms with Crippen molar-refractivity contribution in [2.45, 2.75) is 12.7 Å². The molecule has 1 aliphatic heterocycles. The zero-order valence-electron chi connectivity index (χ0n) is 13.4. The molecule has 9 heavy (non-hydrogen) atoms. The van der Waals surface area contributed by atoms with E-state index < -0.39 is 37.6 Å². The lowest BCUT2D eigenvalue weighted by Crippen LogP contribution is -2.31. The maximum absolute atomic E-state index is 11.1. The largest absolute Gasteiger partial charge is 0.481 e. The summed E-state index contributed by atoms with van der Waals surface area (Å²) < 4.78 is 66.3. The van der Waals surface area contributed by atoms with E-state index in [9.17, 15) is 4.79 Å². The number of piperidine rings is 1. The SMILES string of the molecule is [2H]C1([2H])NC([2H])([2H])C([2H])([2H])C([2H])(C(=O)O)C1([2H])[2H]. The molecule has 0 atom stereocenters.